The lowest BCUT2D eigenvalue weighted by molar-refractivity contribution is 0.0354. The van der Waals surface area contributed by atoms with Crippen molar-refractivity contribution in [2.24, 2.45) is 11.8 Å². The minimum atomic E-state index is 0.414. The Balaban J connectivity index is 1.70. The number of hydrogen-bond acceptors (Lipinski definition) is 4. The third-order valence-electron chi connectivity index (χ3n) is 3.58. The maximum absolute atomic E-state index is 5.86. The Kier molecular flexibility index (Phi) is 5.03. The molecule has 2 aliphatic rings. The molecule has 16 heavy (non-hydrogen) atoms. The SMILES string of the molecule is COCCNCC1CCOC1C1CCOC1. The summed E-state index contributed by atoms with van der Waals surface area (Å²) in [5.74, 6) is 1.28. The zero-order chi connectivity index (χ0) is 11.2. The topological polar surface area (TPSA) is 39.7 Å². The molecule has 2 fully saturated rings. The molecule has 2 saturated heterocycles. The summed E-state index contributed by atoms with van der Waals surface area (Å²) in [7, 11) is 1.74. The second-order valence-corrected chi connectivity index (χ2v) is 4.70. The van der Waals surface area contributed by atoms with Gasteiger partial charge in [0.1, 0.15) is 0 Å². The molecule has 0 amide bonds. The number of nitrogens with one attached hydrogen (secondary N) is 1. The molecule has 3 atom stereocenters. The fourth-order valence-corrected chi connectivity index (χ4v) is 2.67. The molecule has 2 rings (SSSR count). The van der Waals surface area contributed by atoms with Gasteiger partial charge in [0.25, 0.3) is 0 Å². The summed E-state index contributed by atoms with van der Waals surface area (Å²) in [5.41, 5.74) is 0. The molecule has 0 spiro atoms. The van der Waals surface area contributed by atoms with Crippen molar-refractivity contribution in [3.8, 4) is 0 Å². The maximum atomic E-state index is 5.86. The van der Waals surface area contributed by atoms with Crippen LogP contribution in [0.1, 0.15) is 12.8 Å². The second-order valence-electron chi connectivity index (χ2n) is 4.70. The minimum absolute atomic E-state index is 0.414. The van der Waals surface area contributed by atoms with Gasteiger partial charge in [-0.2, -0.15) is 0 Å². The lowest BCUT2D eigenvalue weighted by Crippen LogP contribution is -2.34. The summed E-state index contributed by atoms with van der Waals surface area (Å²) in [4.78, 5) is 0. The van der Waals surface area contributed by atoms with Gasteiger partial charge in [0.05, 0.1) is 19.3 Å². The fourth-order valence-electron chi connectivity index (χ4n) is 2.67. The molecule has 94 valence electrons. The van der Waals surface area contributed by atoms with Crippen LogP contribution in [0.25, 0.3) is 0 Å². The van der Waals surface area contributed by atoms with Gasteiger partial charge in [0.15, 0.2) is 0 Å². The van der Waals surface area contributed by atoms with Gasteiger partial charge in [-0.25, -0.2) is 0 Å². The van der Waals surface area contributed by atoms with Gasteiger partial charge in [0, 0.05) is 45.2 Å². The quantitative estimate of drug-likeness (QED) is 0.679. The third kappa shape index (κ3) is 3.17. The number of rotatable bonds is 6. The van der Waals surface area contributed by atoms with E-state index in [0.717, 1.165) is 39.5 Å². The largest absolute Gasteiger partial charge is 0.383 e. The predicted octanol–water partition coefficient (Wildman–Crippen LogP) is 0.664. The first-order valence-corrected chi connectivity index (χ1v) is 6.31. The molecule has 0 aromatic carbocycles. The Morgan fingerprint density at radius 2 is 2.25 bits per heavy atom. The molecule has 4 heteroatoms. The first-order chi connectivity index (χ1) is 7.92. The Morgan fingerprint density at radius 3 is 3.00 bits per heavy atom. The fraction of sp³-hybridized carbons (Fsp3) is 1.00. The molecule has 1 N–H and O–H groups in total. The summed E-state index contributed by atoms with van der Waals surface area (Å²) in [6.07, 6.45) is 2.76. The van der Waals surface area contributed by atoms with Gasteiger partial charge in [-0.1, -0.05) is 0 Å². The Bertz CT molecular complexity index is 195. The lowest BCUT2D eigenvalue weighted by Gasteiger charge is -2.23. The summed E-state index contributed by atoms with van der Waals surface area (Å²) >= 11 is 0. The summed E-state index contributed by atoms with van der Waals surface area (Å²) < 4.78 is 16.3. The first kappa shape index (κ1) is 12.3. The monoisotopic (exact) mass is 229 g/mol. The minimum Gasteiger partial charge on any atom is -0.383 e. The van der Waals surface area contributed by atoms with E-state index in [-0.39, 0.29) is 0 Å². The molecule has 3 unspecified atom stereocenters. The van der Waals surface area contributed by atoms with E-state index in [4.69, 9.17) is 14.2 Å². The second kappa shape index (κ2) is 6.55. The smallest absolute Gasteiger partial charge is 0.0667 e. The molecule has 0 aromatic heterocycles. The summed E-state index contributed by atoms with van der Waals surface area (Å²) in [6, 6.07) is 0. The van der Waals surface area contributed by atoms with E-state index in [2.05, 4.69) is 5.32 Å². The van der Waals surface area contributed by atoms with Crippen LogP contribution in [0.15, 0.2) is 0 Å². The van der Waals surface area contributed by atoms with E-state index in [1.807, 2.05) is 0 Å². The van der Waals surface area contributed by atoms with Crippen LogP contribution in [0.4, 0.5) is 0 Å². The van der Waals surface area contributed by atoms with Crippen molar-refractivity contribution in [3.05, 3.63) is 0 Å². The van der Waals surface area contributed by atoms with Crippen molar-refractivity contribution < 1.29 is 14.2 Å². The Morgan fingerprint density at radius 1 is 1.31 bits per heavy atom. The van der Waals surface area contributed by atoms with Gasteiger partial charge in [-0.3, -0.25) is 0 Å². The van der Waals surface area contributed by atoms with E-state index < -0.39 is 0 Å². The molecule has 0 bridgehead atoms. The van der Waals surface area contributed by atoms with Crippen LogP contribution in [-0.4, -0.2) is 52.7 Å². The van der Waals surface area contributed by atoms with E-state index in [1.54, 1.807) is 7.11 Å². The third-order valence-corrected chi connectivity index (χ3v) is 3.58. The normalized spacial score (nSPS) is 34.7. The first-order valence-electron chi connectivity index (χ1n) is 6.31. The van der Waals surface area contributed by atoms with Crippen molar-refractivity contribution in [1.82, 2.24) is 5.32 Å². The van der Waals surface area contributed by atoms with Gasteiger partial charge in [0.2, 0.25) is 0 Å². The van der Waals surface area contributed by atoms with Gasteiger partial charge in [-0.05, 0) is 12.8 Å². The highest BCUT2D eigenvalue weighted by molar-refractivity contribution is 4.85. The molecular weight excluding hydrogens is 206 g/mol. The predicted molar refractivity (Wildman–Crippen MR) is 61.5 cm³/mol. The van der Waals surface area contributed by atoms with Crippen LogP contribution in [0.2, 0.25) is 0 Å². The Hall–Kier alpha value is -0.160. The average molecular weight is 229 g/mol. The highest BCUT2D eigenvalue weighted by atomic mass is 16.5. The highest BCUT2D eigenvalue weighted by Gasteiger charge is 2.36. The maximum Gasteiger partial charge on any atom is 0.0667 e. The zero-order valence-corrected chi connectivity index (χ0v) is 10.1. The molecule has 0 aliphatic carbocycles. The highest BCUT2D eigenvalue weighted by Crippen LogP contribution is 2.31. The molecule has 2 heterocycles. The van der Waals surface area contributed by atoms with Crippen LogP contribution in [0.3, 0.4) is 0 Å². The van der Waals surface area contributed by atoms with E-state index in [0.29, 0.717) is 17.9 Å². The van der Waals surface area contributed by atoms with Gasteiger partial charge < -0.3 is 19.5 Å². The van der Waals surface area contributed by atoms with Crippen molar-refractivity contribution in [2.75, 3.05) is 46.6 Å². The van der Waals surface area contributed by atoms with E-state index in [1.165, 1.54) is 12.8 Å². The number of ether oxygens (including phenoxy) is 3. The van der Waals surface area contributed by atoms with Crippen molar-refractivity contribution >= 4 is 0 Å². The van der Waals surface area contributed by atoms with Crippen LogP contribution in [0, 0.1) is 11.8 Å². The van der Waals surface area contributed by atoms with Crippen LogP contribution < -0.4 is 5.32 Å². The molecule has 0 saturated carbocycles. The lowest BCUT2D eigenvalue weighted by atomic mass is 9.90. The van der Waals surface area contributed by atoms with E-state index in [9.17, 15) is 0 Å². The van der Waals surface area contributed by atoms with E-state index >= 15 is 0 Å². The molecule has 4 nitrogen and oxygen atoms in total. The molecule has 0 aromatic rings. The van der Waals surface area contributed by atoms with Crippen LogP contribution in [-0.2, 0) is 14.2 Å². The number of hydrogen-bond donors (Lipinski definition) is 1. The van der Waals surface area contributed by atoms with Crippen LogP contribution >= 0.6 is 0 Å². The van der Waals surface area contributed by atoms with Gasteiger partial charge in [-0.15, -0.1) is 0 Å². The molecule has 0 radical (unpaired) electrons. The van der Waals surface area contributed by atoms with Crippen molar-refractivity contribution in [1.29, 1.82) is 0 Å². The summed E-state index contributed by atoms with van der Waals surface area (Å²) in [5, 5.41) is 3.44. The average Bonchev–Trinajstić information content (AvgIpc) is 2.94. The van der Waals surface area contributed by atoms with Crippen molar-refractivity contribution in [3.63, 3.8) is 0 Å². The van der Waals surface area contributed by atoms with Gasteiger partial charge >= 0.3 is 0 Å². The van der Waals surface area contributed by atoms with Crippen LogP contribution in [0.5, 0.6) is 0 Å². The molecular formula is C12H23NO3. The number of methoxy groups -OCH3 is 1. The Labute approximate surface area is 97.6 Å². The molecule has 2 aliphatic heterocycles. The summed E-state index contributed by atoms with van der Waals surface area (Å²) in [6.45, 7) is 5.47. The van der Waals surface area contributed by atoms with Crippen molar-refractivity contribution in [2.45, 2.75) is 18.9 Å². The standard InChI is InChI=1S/C12H23NO3/c1-14-7-4-13-8-10-3-6-16-12(10)11-2-5-15-9-11/h10-13H,2-9H2,1H3. The zero-order valence-electron chi connectivity index (χ0n) is 10.1.